The second-order valence-corrected chi connectivity index (χ2v) is 3.39. The Hall–Kier alpha value is -1.41. The van der Waals surface area contributed by atoms with Gasteiger partial charge in [0.15, 0.2) is 23.3 Å². The molecule has 0 aliphatic carbocycles. The van der Waals surface area contributed by atoms with Crippen LogP contribution in [0.5, 0.6) is 0 Å². The first-order chi connectivity index (χ1) is 7.86. The lowest BCUT2D eigenvalue weighted by Gasteiger charge is -2.06. The molecular formula is C9H9ClF5N3. The van der Waals surface area contributed by atoms with Crippen molar-refractivity contribution in [3.63, 3.8) is 0 Å². The highest BCUT2D eigenvalue weighted by molar-refractivity contribution is 5.51. The fraction of sp³-hybridized carbons (Fsp3) is 0.222. The predicted molar refractivity (Wildman–Crippen MR) is 51.2 cm³/mol. The fourth-order valence-corrected chi connectivity index (χ4v) is 0.929. The third-order valence-electron chi connectivity index (χ3n) is 1.71. The summed E-state index contributed by atoms with van der Waals surface area (Å²) in [6.07, 6.45) is 1.18. The minimum Gasteiger partial charge on any atom is -1.00 e. The Labute approximate surface area is 106 Å². The lowest BCUT2D eigenvalue weighted by Crippen LogP contribution is -3.04. The summed E-state index contributed by atoms with van der Waals surface area (Å²) >= 11 is 0. The van der Waals surface area contributed by atoms with E-state index in [0.29, 0.717) is 4.90 Å². The zero-order valence-corrected chi connectivity index (χ0v) is 10.0. The van der Waals surface area contributed by atoms with E-state index >= 15 is 0 Å². The minimum absolute atomic E-state index is 0. The fourth-order valence-electron chi connectivity index (χ4n) is 0.929. The third kappa shape index (κ3) is 3.30. The van der Waals surface area contributed by atoms with Crippen LogP contribution in [0.3, 0.4) is 0 Å². The molecule has 0 radical (unpaired) electrons. The maximum absolute atomic E-state index is 13.1. The van der Waals surface area contributed by atoms with Crippen LogP contribution in [0.15, 0.2) is 5.10 Å². The molecule has 0 aliphatic rings. The first kappa shape index (κ1) is 16.6. The molecule has 1 aromatic rings. The largest absolute Gasteiger partial charge is 1.00 e. The molecule has 0 aliphatic heterocycles. The van der Waals surface area contributed by atoms with E-state index in [2.05, 4.69) is 5.10 Å². The molecule has 0 saturated carbocycles. The minimum atomic E-state index is -2.20. The number of nitrogens with one attached hydrogen (secondary N) is 2. The predicted octanol–water partition coefficient (Wildman–Crippen LogP) is -2.11. The van der Waals surface area contributed by atoms with Crippen LogP contribution in [0.2, 0.25) is 0 Å². The van der Waals surface area contributed by atoms with Crippen molar-refractivity contribution in [1.29, 1.82) is 0 Å². The Morgan fingerprint density at radius 2 is 1.28 bits per heavy atom. The summed E-state index contributed by atoms with van der Waals surface area (Å²) in [6, 6.07) is 0. The summed E-state index contributed by atoms with van der Waals surface area (Å²) in [4.78, 5) is 0.682. The first-order valence-electron chi connectivity index (χ1n) is 4.47. The van der Waals surface area contributed by atoms with Gasteiger partial charge in [-0.15, -0.1) is 5.10 Å². The molecule has 0 unspecified atom stereocenters. The Bertz CT molecular complexity index is 435. The summed E-state index contributed by atoms with van der Waals surface area (Å²) in [6.45, 7) is 0. The SMILES string of the molecule is C[NH+](C)/C=N/Nc1c(F)c(F)c(F)c(F)c1F.[Cl-]. The average Bonchev–Trinajstić information content (AvgIpc) is 2.28. The van der Waals surface area contributed by atoms with Crippen molar-refractivity contribution >= 4 is 12.0 Å². The molecular weight excluding hydrogens is 281 g/mol. The monoisotopic (exact) mass is 289 g/mol. The van der Waals surface area contributed by atoms with Gasteiger partial charge in [-0.05, 0) is 0 Å². The molecule has 102 valence electrons. The average molecular weight is 290 g/mol. The molecule has 9 heteroatoms. The summed E-state index contributed by atoms with van der Waals surface area (Å²) in [5, 5.41) is 3.33. The van der Waals surface area contributed by atoms with Crippen molar-refractivity contribution in [2.24, 2.45) is 5.10 Å². The van der Waals surface area contributed by atoms with Crippen LogP contribution in [-0.4, -0.2) is 20.4 Å². The van der Waals surface area contributed by atoms with E-state index in [1.807, 2.05) is 0 Å². The van der Waals surface area contributed by atoms with Crippen molar-refractivity contribution in [2.75, 3.05) is 19.5 Å². The summed E-state index contributed by atoms with van der Waals surface area (Å²) in [7, 11) is 3.29. The standard InChI is InChI=1S/C9H8F5N3.ClH/c1-17(2)3-15-16-9-7(13)5(11)4(10)6(12)8(9)14;/h3,16H,1-2H3;1H/b15-3+;. The Balaban J connectivity index is 0.00000289. The van der Waals surface area contributed by atoms with E-state index in [-0.39, 0.29) is 12.4 Å². The number of hydrazone groups is 1. The highest BCUT2D eigenvalue weighted by Gasteiger charge is 2.25. The van der Waals surface area contributed by atoms with Gasteiger partial charge in [-0.2, -0.15) is 0 Å². The maximum Gasteiger partial charge on any atom is 0.205 e. The Kier molecular flexibility index (Phi) is 5.99. The van der Waals surface area contributed by atoms with Crippen molar-refractivity contribution in [3.8, 4) is 0 Å². The van der Waals surface area contributed by atoms with Gasteiger partial charge in [0.2, 0.25) is 12.2 Å². The molecule has 2 N–H and O–H groups in total. The van der Waals surface area contributed by atoms with Crippen LogP contribution < -0.4 is 22.7 Å². The molecule has 0 spiro atoms. The van der Waals surface area contributed by atoms with Crippen molar-refractivity contribution in [1.82, 2.24) is 0 Å². The second-order valence-electron chi connectivity index (χ2n) is 3.39. The molecule has 0 fully saturated rings. The summed E-state index contributed by atoms with van der Waals surface area (Å²) < 4.78 is 64.2. The van der Waals surface area contributed by atoms with Crippen LogP contribution in [-0.2, 0) is 0 Å². The van der Waals surface area contributed by atoms with Gasteiger partial charge in [-0.3, -0.25) is 10.3 Å². The normalized spacial score (nSPS) is 10.9. The smallest absolute Gasteiger partial charge is 0.205 e. The number of quaternary nitrogens is 1. The van der Waals surface area contributed by atoms with Crippen molar-refractivity contribution < 1.29 is 39.3 Å². The van der Waals surface area contributed by atoms with E-state index in [9.17, 15) is 22.0 Å². The van der Waals surface area contributed by atoms with Crippen LogP contribution in [0.25, 0.3) is 0 Å². The number of rotatable bonds is 3. The van der Waals surface area contributed by atoms with E-state index < -0.39 is 34.8 Å². The Morgan fingerprint density at radius 1 is 0.889 bits per heavy atom. The molecule has 18 heavy (non-hydrogen) atoms. The zero-order chi connectivity index (χ0) is 13.2. The van der Waals surface area contributed by atoms with Crippen molar-refractivity contribution in [3.05, 3.63) is 29.1 Å². The molecule has 0 aromatic heterocycles. The van der Waals surface area contributed by atoms with Gasteiger partial charge in [-0.25, -0.2) is 22.0 Å². The van der Waals surface area contributed by atoms with Gasteiger partial charge < -0.3 is 12.4 Å². The second kappa shape index (κ2) is 6.50. The number of benzene rings is 1. The zero-order valence-electron chi connectivity index (χ0n) is 9.29. The molecule has 0 amide bonds. The highest BCUT2D eigenvalue weighted by Crippen LogP contribution is 2.26. The highest BCUT2D eigenvalue weighted by atomic mass is 35.5. The lowest BCUT2D eigenvalue weighted by atomic mass is 10.2. The van der Waals surface area contributed by atoms with Gasteiger partial charge in [0.05, 0.1) is 14.1 Å². The van der Waals surface area contributed by atoms with Gasteiger partial charge in [-0.1, -0.05) is 0 Å². The molecule has 0 atom stereocenters. The van der Waals surface area contributed by atoms with Gasteiger partial charge in [0.25, 0.3) is 0 Å². The number of hydrogen-bond acceptors (Lipinski definition) is 2. The van der Waals surface area contributed by atoms with E-state index in [1.54, 1.807) is 19.5 Å². The van der Waals surface area contributed by atoms with Crippen LogP contribution in [0.4, 0.5) is 27.6 Å². The van der Waals surface area contributed by atoms with E-state index in [1.165, 1.54) is 6.34 Å². The number of nitrogens with zero attached hydrogens (tertiary/aromatic N) is 1. The summed E-state index contributed by atoms with van der Waals surface area (Å²) in [5.41, 5.74) is 0.592. The molecule has 1 rings (SSSR count). The van der Waals surface area contributed by atoms with Crippen molar-refractivity contribution in [2.45, 2.75) is 0 Å². The Morgan fingerprint density at radius 3 is 1.67 bits per heavy atom. The van der Waals surface area contributed by atoms with Gasteiger partial charge in [0.1, 0.15) is 5.69 Å². The molecule has 3 nitrogen and oxygen atoms in total. The number of anilines is 1. The van der Waals surface area contributed by atoms with E-state index in [4.69, 9.17) is 0 Å². The first-order valence-corrected chi connectivity index (χ1v) is 4.47. The lowest BCUT2D eigenvalue weighted by molar-refractivity contribution is -0.750. The molecule has 0 bridgehead atoms. The third-order valence-corrected chi connectivity index (χ3v) is 1.71. The van der Waals surface area contributed by atoms with Gasteiger partial charge >= 0.3 is 0 Å². The van der Waals surface area contributed by atoms with E-state index in [0.717, 1.165) is 0 Å². The van der Waals surface area contributed by atoms with Crippen LogP contribution in [0, 0.1) is 29.1 Å². The summed E-state index contributed by atoms with van der Waals surface area (Å²) in [5.74, 6) is -10.1. The number of halogens is 6. The van der Waals surface area contributed by atoms with Gasteiger partial charge in [0, 0.05) is 0 Å². The van der Waals surface area contributed by atoms with Crippen LogP contribution in [0.1, 0.15) is 0 Å². The molecule has 0 saturated heterocycles. The number of hydrogen-bond donors (Lipinski definition) is 2. The molecule has 1 aromatic carbocycles. The topological polar surface area (TPSA) is 28.8 Å². The quantitative estimate of drug-likeness (QED) is 0.164. The molecule has 0 heterocycles. The van der Waals surface area contributed by atoms with Crippen LogP contribution >= 0.6 is 0 Å². The maximum atomic E-state index is 13.1.